The van der Waals surface area contributed by atoms with Gasteiger partial charge in [0.1, 0.15) is 0 Å². The predicted octanol–water partition coefficient (Wildman–Crippen LogP) is 0.246. The number of aliphatic carboxylic acids is 1. The normalized spacial score (nSPS) is 15.8. The first-order valence-electron chi connectivity index (χ1n) is 6.14. The van der Waals surface area contributed by atoms with Crippen molar-refractivity contribution in [1.29, 1.82) is 0 Å². The van der Waals surface area contributed by atoms with E-state index in [4.69, 9.17) is 5.11 Å². The molecule has 0 radical (unpaired) electrons. The number of likely N-dealkylation sites (tertiary alicyclic amines) is 1. The van der Waals surface area contributed by atoms with E-state index in [1.54, 1.807) is 0 Å². The second-order valence-electron chi connectivity index (χ2n) is 4.23. The number of amides is 2. The lowest BCUT2D eigenvalue weighted by molar-refractivity contribution is -0.136. The molecular formula is C11H21N3O3. The molecule has 6 nitrogen and oxygen atoms in total. The van der Waals surface area contributed by atoms with Gasteiger partial charge < -0.3 is 20.6 Å². The van der Waals surface area contributed by atoms with Crippen LogP contribution in [0.2, 0.25) is 0 Å². The Hall–Kier alpha value is -1.30. The highest BCUT2D eigenvalue weighted by Gasteiger charge is 2.10. The Kier molecular flexibility index (Phi) is 6.39. The van der Waals surface area contributed by atoms with Gasteiger partial charge in [-0.2, -0.15) is 0 Å². The van der Waals surface area contributed by atoms with Crippen LogP contribution < -0.4 is 10.6 Å². The summed E-state index contributed by atoms with van der Waals surface area (Å²) in [5, 5.41) is 13.6. The molecule has 0 atom stereocenters. The molecule has 0 aromatic carbocycles. The van der Waals surface area contributed by atoms with Crippen LogP contribution >= 0.6 is 0 Å². The highest BCUT2D eigenvalue weighted by atomic mass is 16.4. The molecule has 1 fully saturated rings. The third-order valence-corrected chi connectivity index (χ3v) is 2.76. The van der Waals surface area contributed by atoms with Crippen molar-refractivity contribution in [3.63, 3.8) is 0 Å². The number of carbonyl (C=O) groups excluding carboxylic acids is 1. The van der Waals surface area contributed by atoms with Crippen molar-refractivity contribution in [3.05, 3.63) is 0 Å². The zero-order chi connectivity index (χ0) is 12.5. The summed E-state index contributed by atoms with van der Waals surface area (Å²) in [6, 6.07) is -0.285. The number of carboxylic acids is 1. The molecule has 0 aliphatic carbocycles. The first kappa shape index (κ1) is 13.8. The summed E-state index contributed by atoms with van der Waals surface area (Å²) in [5.41, 5.74) is 0. The molecular weight excluding hydrogens is 222 g/mol. The number of carboxylic acid groups (broad SMARTS) is 1. The van der Waals surface area contributed by atoms with Crippen molar-refractivity contribution in [2.24, 2.45) is 0 Å². The smallest absolute Gasteiger partial charge is 0.314 e. The summed E-state index contributed by atoms with van der Waals surface area (Å²) in [7, 11) is 0. The number of hydrogen-bond acceptors (Lipinski definition) is 3. The largest absolute Gasteiger partial charge is 0.481 e. The lowest BCUT2D eigenvalue weighted by Gasteiger charge is -2.14. The van der Waals surface area contributed by atoms with E-state index < -0.39 is 5.97 Å². The van der Waals surface area contributed by atoms with Gasteiger partial charge in [-0.3, -0.25) is 4.79 Å². The van der Waals surface area contributed by atoms with E-state index in [0.717, 1.165) is 13.0 Å². The summed E-state index contributed by atoms with van der Waals surface area (Å²) >= 11 is 0. The Bertz CT molecular complexity index is 252. The number of carbonyl (C=O) groups is 2. The molecule has 1 saturated heterocycles. The van der Waals surface area contributed by atoms with Crippen LogP contribution in [-0.2, 0) is 4.79 Å². The minimum absolute atomic E-state index is 0.0405. The molecule has 98 valence electrons. The SMILES string of the molecule is O=C(O)CCNC(=O)NCCCN1CCCC1. The first-order chi connectivity index (χ1) is 8.18. The zero-order valence-electron chi connectivity index (χ0n) is 10.1. The van der Waals surface area contributed by atoms with Crippen LogP contribution in [0.5, 0.6) is 0 Å². The second-order valence-corrected chi connectivity index (χ2v) is 4.23. The second kappa shape index (κ2) is 7.89. The molecule has 3 N–H and O–H groups in total. The average Bonchev–Trinajstić information content (AvgIpc) is 2.76. The quantitative estimate of drug-likeness (QED) is 0.560. The molecule has 0 saturated carbocycles. The maximum atomic E-state index is 11.2. The summed E-state index contributed by atoms with van der Waals surface area (Å²) in [5.74, 6) is -0.903. The van der Waals surface area contributed by atoms with Crippen LogP contribution in [0.1, 0.15) is 25.7 Å². The van der Waals surface area contributed by atoms with Gasteiger partial charge in [-0.25, -0.2) is 4.79 Å². The van der Waals surface area contributed by atoms with E-state index >= 15 is 0 Å². The predicted molar refractivity (Wildman–Crippen MR) is 63.9 cm³/mol. The van der Waals surface area contributed by atoms with Gasteiger partial charge in [0.25, 0.3) is 0 Å². The van der Waals surface area contributed by atoms with E-state index in [9.17, 15) is 9.59 Å². The first-order valence-corrected chi connectivity index (χ1v) is 6.14. The van der Waals surface area contributed by atoms with Crippen LogP contribution in [0.15, 0.2) is 0 Å². The maximum Gasteiger partial charge on any atom is 0.314 e. The molecule has 17 heavy (non-hydrogen) atoms. The standard InChI is InChI=1S/C11H21N3O3/c15-10(16)4-6-13-11(17)12-5-3-9-14-7-1-2-8-14/h1-9H2,(H,15,16)(H2,12,13,17). The summed E-state index contributed by atoms with van der Waals surface area (Å²) in [4.78, 5) is 23.8. The van der Waals surface area contributed by atoms with Gasteiger partial charge in [0.15, 0.2) is 0 Å². The van der Waals surface area contributed by atoms with Crippen LogP contribution in [-0.4, -0.2) is 54.7 Å². The molecule has 1 heterocycles. The van der Waals surface area contributed by atoms with Crippen molar-refractivity contribution >= 4 is 12.0 Å². The minimum atomic E-state index is -0.903. The van der Waals surface area contributed by atoms with E-state index in [0.29, 0.717) is 6.54 Å². The van der Waals surface area contributed by atoms with Crippen molar-refractivity contribution in [1.82, 2.24) is 15.5 Å². The van der Waals surface area contributed by atoms with Crippen LogP contribution in [0.3, 0.4) is 0 Å². The van der Waals surface area contributed by atoms with Gasteiger partial charge in [-0.1, -0.05) is 0 Å². The number of hydrogen-bond donors (Lipinski definition) is 3. The average molecular weight is 243 g/mol. The number of urea groups is 1. The zero-order valence-corrected chi connectivity index (χ0v) is 10.1. The van der Waals surface area contributed by atoms with E-state index in [1.165, 1.54) is 25.9 Å². The van der Waals surface area contributed by atoms with Gasteiger partial charge in [-0.05, 0) is 38.9 Å². The van der Waals surface area contributed by atoms with Crippen molar-refractivity contribution in [3.8, 4) is 0 Å². The fourth-order valence-electron chi connectivity index (χ4n) is 1.86. The number of nitrogens with zero attached hydrogens (tertiary/aromatic N) is 1. The fourth-order valence-corrected chi connectivity index (χ4v) is 1.86. The molecule has 1 aliphatic heterocycles. The highest BCUT2D eigenvalue weighted by molar-refractivity contribution is 5.74. The summed E-state index contributed by atoms with van der Waals surface area (Å²) < 4.78 is 0. The van der Waals surface area contributed by atoms with Crippen molar-refractivity contribution in [2.75, 3.05) is 32.7 Å². The summed E-state index contributed by atoms with van der Waals surface area (Å²) in [6.07, 6.45) is 3.46. The van der Waals surface area contributed by atoms with E-state index in [2.05, 4.69) is 15.5 Å². The van der Waals surface area contributed by atoms with Gasteiger partial charge in [0.2, 0.25) is 0 Å². The molecule has 0 aromatic heterocycles. The van der Waals surface area contributed by atoms with Gasteiger partial charge >= 0.3 is 12.0 Å². The van der Waals surface area contributed by atoms with E-state index in [-0.39, 0.29) is 19.0 Å². The molecule has 0 unspecified atom stereocenters. The third kappa shape index (κ3) is 6.78. The summed E-state index contributed by atoms with van der Waals surface area (Å²) in [6.45, 7) is 4.17. The van der Waals surface area contributed by atoms with E-state index in [1.807, 2.05) is 0 Å². The van der Waals surface area contributed by atoms with Gasteiger partial charge in [0, 0.05) is 13.1 Å². The van der Waals surface area contributed by atoms with Crippen molar-refractivity contribution < 1.29 is 14.7 Å². The van der Waals surface area contributed by atoms with Gasteiger partial charge in [-0.15, -0.1) is 0 Å². The molecule has 1 aliphatic rings. The Balaban J connectivity index is 1.90. The molecule has 6 heteroatoms. The molecule has 2 amide bonds. The third-order valence-electron chi connectivity index (χ3n) is 2.76. The van der Waals surface area contributed by atoms with Crippen molar-refractivity contribution in [2.45, 2.75) is 25.7 Å². The lowest BCUT2D eigenvalue weighted by Crippen LogP contribution is -2.38. The Morgan fingerprint density at radius 3 is 2.41 bits per heavy atom. The van der Waals surface area contributed by atoms with Gasteiger partial charge in [0.05, 0.1) is 6.42 Å². The van der Waals surface area contributed by atoms with Crippen LogP contribution in [0, 0.1) is 0 Å². The fraction of sp³-hybridized carbons (Fsp3) is 0.818. The molecule has 0 bridgehead atoms. The molecule has 0 spiro atoms. The molecule has 0 aromatic rings. The monoisotopic (exact) mass is 243 g/mol. The Labute approximate surface area is 101 Å². The lowest BCUT2D eigenvalue weighted by atomic mass is 10.4. The number of nitrogens with one attached hydrogen (secondary N) is 2. The minimum Gasteiger partial charge on any atom is -0.481 e. The van der Waals surface area contributed by atoms with Crippen LogP contribution in [0.4, 0.5) is 4.79 Å². The molecule has 1 rings (SSSR count). The number of rotatable bonds is 7. The topological polar surface area (TPSA) is 81.7 Å². The maximum absolute atomic E-state index is 11.2. The Morgan fingerprint density at radius 2 is 1.76 bits per heavy atom. The van der Waals surface area contributed by atoms with Crippen LogP contribution in [0.25, 0.3) is 0 Å². The Morgan fingerprint density at radius 1 is 1.12 bits per heavy atom. The highest BCUT2D eigenvalue weighted by Crippen LogP contribution is 2.06.